The highest BCUT2D eigenvalue weighted by Crippen LogP contribution is 2.21. The van der Waals surface area contributed by atoms with Gasteiger partial charge >= 0.3 is 0 Å². The Balaban J connectivity index is 1.57. The second-order valence-electron chi connectivity index (χ2n) is 5.63. The second-order valence-corrected chi connectivity index (χ2v) is 5.63. The molecule has 0 unspecified atom stereocenters. The van der Waals surface area contributed by atoms with Crippen LogP contribution in [0.15, 0.2) is 42.7 Å². The average molecular weight is 313 g/mol. The first kappa shape index (κ1) is 15.7. The van der Waals surface area contributed by atoms with E-state index in [0.29, 0.717) is 18.6 Å². The van der Waals surface area contributed by atoms with Gasteiger partial charge < -0.3 is 14.4 Å². The summed E-state index contributed by atoms with van der Waals surface area (Å²) in [5.74, 6) is 1.45. The Labute approximate surface area is 137 Å². The molecule has 5 heteroatoms. The molecule has 0 amide bonds. The van der Waals surface area contributed by atoms with E-state index in [4.69, 9.17) is 9.47 Å². The van der Waals surface area contributed by atoms with Crippen molar-refractivity contribution < 1.29 is 9.47 Å². The number of benzene rings is 1. The summed E-state index contributed by atoms with van der Waals surface area (Å²) in [6, 6.07) is 10.1. The lowest BCUT2D eigenvalue weighted by atomic mass is 10.1. The molecule has 0 aliphatic carbocycles. The van der Waals surface area contributed by atoms with Crippen LogP contribution in [0.1, 0.15) is 25.3 Å². The smallest absolute Gasteiger partial charge is 0.234 e. The number of anilines is 1. The standard InChI is InChI=1S/C18H23N3O2/c1-2-22-16-8-10-21(11-9-16)17-12-19-13-18(20-17)23-14-15-6-4-3-5-7-15/h3-7,12-13,16H,2,8-11,14H2,1H3. The van der Waals surface area contributed by atoms with Gasteiger partial charge in [0.05, 0.1) is 18.5 Å². The molecule has 122 valence electrons. The summed E-state index contributed by atoms with van der Waals surface area (Å²) in [7, 11) is 0. The van der Waals surface area contributed by atoms with Gasteiger partial charge in [0, 0.05) is 19.7 Å². The number of nitrogens with zero attached hydrogens (tertiary/aromatic N) is 3. The summed E-state index contributed by atoms with van der Waals surface area (Å²) in [5, 5.41) is 0. The Kier molecular flexibility index (Phi) is 5.42. The van der Waals surface area contributed by atoms with Crippen LogP contribution in [0.3, 0.4) is 0 Å². The molecule has 0 N–H and O–H groups in total. The van der Waals surface area contributed by atoms with Crippen molar-refractivity contribution in [1.29, 1.82) is 0 Å². The average Bonchev–Trinajstić information content (AvgIpc) is 2.62. The minimum atomic E-state index is 0.377. The summed E-state index contributed by atoms with van der Waals surface area (Å²) in [6.07, 6.45) is 5.91. The monoisotopic (exact) mass is 313 g/mol. The van der Waals surface area contributed by atoms with Crippen LogP contribution >= 0.6 is 0 Å². The molecule has 1 saturated heterocycles. The van der Waals surface area contributed by atoms with Gasteiger partial charge in [-0.15, -0.1) is 0 Å². The fraction of sp³-hybridized carbons (Fsp3) is 0.444. The van der Waals surface area contributed by atoms with Gasteiger partial charge in [-0.25, -0.2) is 0 Å². The SMILES string of the molecule is CCOC1CCN(c2cncc(OCc3ccccc3)n2)CC1. The van der Waals surface area contributed by atoms with Gasteiger partial charge in [-0.3, -0.25) is 4.98 Å². The maximum absolute atomic E-state index is 5.76. The van der Waals surface area contributed by atoms with Crippen molar-refractivity contribution in [2.75, 3.05) is 24.6 Å². The normalized spacial score (nSPS) is 15.6. The fourth-order valence-corrected chi connectivity index (χ4v) is 2.78. The van der Waals surface area contributed by atoms with Gasteiger partial charge in [0.2, 0.25) is 5.88 Å². The summed E-state index contributed by atoms with van der Waals surface area (Å²) in [5.41, 5.74) is 1.12. The quantitative estimate of drug-likeness (QED) is 0.820. The fourth-order valence-electron chi connectivity index (χ4n) is 2.78. The van der Waals surface area contributed by atoms with Crippen molar-refractivity contribution >= 4 is 5.82 Å². The molecule has 5 nitrogen and oxygen atoms in total. The Bertz CT molecular complexity index is 598. The summed E-state index contributed by atoms with van der Waals surface area (Å²) in [6.45, 7) is 5.23. The van der Waals surface area contributed by atoms with Crippen LogP contribution in [0.5, 0.6) is 5.88 Å². The van der Waals surface area contributed by atoms with Crippen molar-refractivity contribution in [3.8, 4) is 5.88 Å². The topological polar surface area (TPSA) is 47.5 Å². The van der Waals surface area contributed by atoms with Crippen molar-refractivity contribution in [1.82, 2.24) is 9.97 Å². The summed E-state index contributed by atoms with van der Waals surface area (Å²) >= 11 is 0. The Morgan fingerprint density at radius 2 is 1.91 bits per heavy atom. The number of ether oxygens (including phenoxy) is 2. The molecule has 0 atom stereocenters. The molecule has 3 rings (SSSR count). The van der Waals surface area contributed by atoms with Crippen molar-refractivity contribution in [2.24, 2.45) is 0 Å². The molecule has 1 aliphatic rings. The molecular formula is C18H23N3O2. The van der Waals surface area contributed by atoms with Gasteiger partial charge in [0.15, 0.2) is 5.82 Å². The maximum atomic E-state index is 5.76. The molecule has 23 heavy (non-hydrogen) atoms. The van der Waals surface area contributed by atoms with Gasteiger partial charge in [0.25, 0.3) is 0 Å². The van der Waals surface area contributed by atoms with E-state index in [1.165, 1.54) is 0 Å². The first-order chi connectivity index (χ1) is 11.3. The lowest BCUT2D eigenvalue weighted by Gasteiger charge is -2.32. The Hall–Kier alpha value is -2.14. The highest BCUT2D eigenvalue weighted by molar-refractivity contribution is 5.38. The predicted molar refractivity (Wildman–Crippen MR) is 89.7 cm³/mol. The third-order valence-corrected chi connectivity index (χ3v) is 4.00. The third-order valence-electron chi connectivity index (χ3n) is 4.00. The first-order valence-electron chi connectivity index (χ1n) is 8.20. The van der Waals surface area contributed by atoms with Gasteiger partial charge in [-0.05, 0) is 25.3 Å². The third kappa shape index (κ3) is 4.42. The number of piperidine rings is 1. The highest BCUT2D eigenvalue weighted by Gasteiger charge is 2.20. The van der Waals surface area contributed by atoms with E-state index in [0.717, 1.165) is 43.9 Å². The van der Waals surface area contributed by atoms with E-state index in [2.05, 4.69) is 14.9 Å². The molecular weight excluding hydrogens is 290 g/mol. The molecule has 0 radical (unpaired) electrons. The number of rotatable bonds is 6. The second kappa shape index (κ2) is 7.92. The Morgan fingerprint density at radius 1 is 1.13 bits per heavy atom. The predicted octanol–water partition coefficient (Wildman–Crippen LogP) is 3.06. The zero-order chi connectivity index (χ0) is 15.9. The van der Waals surface area contributed by atoms with Gasteiger partial charge in [-0.1, -0.05) is 30.3 Å². The van der Waals surface area contributed by atoms with Crippen LogP contribution in [0.2, 0.25) is 0 Å². The molecule has 2 aromatic rings. The Morgan fingerprint density at radius 3 is 2.65 bits per heavy atom. The molecule has 1 fully saturated rings. The highest BCUT2D eigenvalue weighted by atomic mass is 16.5. The lowest BCUT2D eigenvalue weighted by Crippen LogP contribution is -2.37. The van der Waals surface area contributed by atoms with E-state index in [-0.39, 0.29) is 0 Å². The molecule has 1 aromatic heterocycles. The number of aromatic nitrogens is 2. The van der Waals surface area contributed by atoms with E-state index in [1.54, 1.807) is 12.4 Å². The van der Waals surface area contributed by atoms with Crippen molar-refractivity contribution in [2.45, 2.75) is 32.5 Å². The zero-order valence-corrected chi connectivity index (χ0v) is 13.5. The summed E-state index contributed by atoms with van der Waals surface area (Å²) < 4.78 is 11.4. The van der Waals surface area contributed by atoms with Crippen LogP contribution in [-0.4, -0.2) is 35.8 Å². The van der Waals surface area contributed by atoms with Crippen LogP contribution in [0.4, 0.5) is 5.82 Å². The molecule has 1 aliphatic heterocycles. The number of hydrogen-bond donors (Lipinski definition) is 0. The van der Waals surface area contributed by atoms with Crippen LogP contribution < -0.4 is 9.64 Å². The van der Waals surface area contributed by atoms with Crippen LogP contribution in [-0.2, 0) is 11.3 Å². The molecule has 2 heterocycles. The lowest BCUT2D eigenvalue weighted by molar-refractivity contribution is 0.0458. The zero-order valence-electron chi connectivity index (χ0n) is 13.5. The number of hydrogen-bond acceptors (Lipinski definition) is 5. The van der Waals surface area contributed by atoms with Crippen molar-refractivity contribution in [3.05, 3.63) is 48.3 Å². The minimum Gasteiger partial charge on any atom is -0.472 e. The van der Waals surface area contributed by atoms with Crippen LogP contribution in [0.25, 0.3) is 0 Å². The molecule has 0 bridgehead atoms. The maximum Gasteiger partial charge on any atom is 0.234 e. The van der Waals surface area contributed by atoms with Crippen LogP contribution in [0, 0.1) is 0 Å². The first-order valence-corrected chi connectivity index (χ1v) is 8.20. The van der Waals surface area contributed by atoms with E-state index >= 15 is 0 Å². The summed E-state index contributed by atoms with van der Waals surface area (Å²) in [4.78, 5) is 11.1. The molecule has 0 spiro atoms. The molecule has 1 aromatic carbocycles. The minimum absolute atomic E-state index is 0.377. The van der Waals surface area contributed by atoms with E-state index in [9.17, 15) is 0 Å². The molecule has 0 saturated carbocycles. The van der Waals surface area contributed by atoms with Gasteiger partial charge in [-0.2, -0.15) is 4.98 Å². The van der Waals surface area contributed by atoms with E-state index < -0.39 is 0 Å². The van der Waals surface area contributed by atoms with E-state index in [1.807, 2.05) is 37.3 Å². The largest absolute Gasteiger partial charge is 0.472 e. The van der Waals surface area contributed by atoms with Crippen molar-refractivity contribution in [3.63, 3.8) is 0 Å². The van der Waals surface area contributed by atoms with Gasteiger partial charge in [0.1, 0.15) is 6.61 Å².